The van der Waals surface area contributed by atoms with Crippen LogP contribution in [-0.4, -0.2) is 48.9 Å². The zero-order chi connectivity index (χ0) is 17.0. The van der Waals surface area contributed by atoms with Crippen molar-refractivity contribution in [2.45, 2.75) is 45.1 Å². The molecule has 6 nitrogen and oxygen atoms in total. The maximum atomic E-state index is 12.7. The predicted molar refractivity (Wildman–Crippen MR) is 97.9 cm³/mol. The van der Waals surface area contributed by atoms with Crippen molar-refractivity contribution in [3.8, 4) is 0 Å². The van der Waals surface area contributed by atoms with Crippen LogP contribution in [0.4, 0.5) is 0 Å². The number of likely N-dealkylation sites (tertiary alicyclic amines) is 1. The van der Waals surface area contributed by atoms with Gasteiger partial charge in [0.2, 0.25) is 5.91 Å². The van der Waals surface area contributed by atoms with Crippen LogP contribution in [-0.2, 0) is 4.79 Å². The summed E-state index contributed by atoms with van der Waals surface area (Å²) in [6, 6.07) is 2.97. The molecule has 0 spiro atoms. The topological polar surface area (TPSA) is 74.6 Å². The van der Waals surface area contributed by atoms with E-state index in [1.54, 1.807) is 17.0 Å². The second-order valence-corrected chi connectivity index (χ2v) is 7.27. The summed E-state index contributed by atoms with van der Waals surface area (Å²) in [7, 11) is 0. The van der Waals surface area contributed by atoms with Crippen LogP contribution < -0.4 is 10.6 Å². The largest absolute Gasteiger partial charge is 0.459 e. The first kappa shape index (κ1) is 19.8. The molecule has 3 heterocycles. The van der Waals surface area contributed by atoms with Crippen molar-refractivity contribution in [1.29, 1.82) is 0 Å². The minimum atomic E-state index is -0.387. The predicted octanol–water partition coefficient (Wildman–Crippen LogP) is 2.20. The van der Waals surface area contributed by atoms with Gasteiger partial charge >= 0.3 is 0 Å². The Morgan fingerprint density at radius 2 is 2.12 bits per heavy atom. The Morgan fingerprint density at radius 3 is 2.80 bits per heavy atom. The van der Waals surface area contributed by atoms with Crippen LogP contribution in [0.15, 0.2) is 22.8 Å². The molecule has 0 saturated carbocycles. The van der Waals surface area contributed by atoms with Gasteiger partial charge in [-0.15, -0.1) is 12.4 Å². The first-order valence-corrected chi connectivity index (χ1v) is 8.92. The van der Waals surface area contributed by atoms with E-state index in [-0.39, 0.29) is 35.7 Å². The lowest BCUT2D eigenvalue weighted by atomic mass is 9.81. The van der Waals surface area contributed by atoms with E-state index in [4.69, 9.17) is 4.42 Å². The molecule has 0 radical (unpaired) electrons. The highest BCUT2D eigenvalue weighted by Crippen LogP contribution is 2.27. The number of halogens is 1. The molecule has 25 heavy (non-hydrogen) atoms. The Labute approximate surface area is 155 Å². The molecule has 1 aromatic rings. The van der Waals surface area contributed by atoms with Crippen LogP contribution in [0.3, 0.4) is 0 Å². The molecule has 0 aliphatic carbocycles. The van der Waals surface area contributed by atoms with E-state index in [1.807, 2.05) is 0 Å². The number of piperidine rings is 2. The number of carbonyl (C=O) groups excluding carboxylic acids is 2. The molecule has 1 unspecified atom stereocenters. The SMILES string of the molecule is CC1(CNC(=O)C2CCCCN2C(=O)c2ccco2)CCNCC1.Cl. The smallest absolute Gasteiger partial charge is 0.290 e. The Kier molecular flexibility index (Phi) is 6.90. The first-order chi connectivity index (χ1) is 11.6. The van der Waals surface area contributed by atoms with Crippen molar-refractivity contribution in [3.63, 3.8) is 0 Å². The summed E-state index contributed by atoms with van der Waals surface area (Å²) >= 11 is 0. The van der Waals surface area contributed by atoms with Crippen molar-refractivity contribution >= 4 is 24.2 Å². The number of rotatable bonds is 4. The van der Waals surface area contributed by atoms with E-state index in [0.29, 0.717) is 18.8 Å². The third kappa shape index (κ3) is 4.76. The van der Waals surface area contributed by atoms with Gasteiger partial charge in [-0.25, -0.2) is 0 Å². The Bertz CT molecular complexity index is 570. The lowest BCUT2D eigenvalue weighted by Crippen LogP contribution is -2.53. The van der Waals surface area contributed by atoms with Crippen molar-refractivity contribution in [1.82, 2.24) is 15.5 Å². The van der Waals surface area contributed by atoms with Gasteiger partial charge in [0.25, 0.3) is 5.91 Å². The van der Waals surface area contributed by atoms with Gasteiger partial charge in [0.05, 0.1) is 6.26 Å². The molecule has 140 valence electrons. The summed E-state index contributed by atoms with van der Waals surface area (Å²) in [6.45, 7) is 5.50. The molecule has 0 aromatic carbocycles. The molecule has 2 N–H and O–H groups in total. The zero-order valence-electron chi connectivity index (χ0n) is 14.8. The minimum Gasteiger partial charge on any atom is -0.459 e. The van der Waals surface area contributed by atoms with Gasteiger partial charge in [-0.1, -0.05) is 6.92 Å². The standard InChI is InChI=1S/C18H27N3O3.ClH/c1-18(7-9-19-10-8-18)13-20-16(22)14-5-2-3-11-21(14)17(23)15-6-4-12-24-15;/h4,6,12,14,19H,2-3,5,7-11,13H2,1H3,(H,20,22);1H. The fourth-order valence-corrected chi connectivity index (χ4v) is 3.61. The quantitative estimate of drug-likeness (QED) is 0.853. The molecule has 3 rings (SSSR count). The normalized spacial score (nSPS) is 22.8. The average molecular weight is 370 g/mol. The number of amides is 2. The van der Waals surface area contributed by atoms with Crippen molar-refractivity contribution in [3.05, 3.63) is 24.2 Å². The van der Waals surface area contributed by atoms with Gasteiger partial charge in [-0.2, -0.15) is 0 Å². The lowest BCUT2D eigenvalue weighted by molar-refractivity contribution is -0.127. The Hall–Kier alpha value is -1.53. The number of carbonyl (C=O) groups is 2. The molecular weight excluding hydrogens is 342 g/mol. The van der Waals surface area contributed by atoms with Gasteiger partial charge < -0.3 is 20.0 Å². The lowest BCUT2D eigenvalue weighted by Gasteiger charge is -2.37. The summed E-state index contributed by atoms with van der Waals surface area (Å²) in [4.78, 5) is 27.0. The van der Waals surface area contributed by atoms with Gasteiger partial charge in [0, 0.05) is 13.1 Å². The third-order valence-electron chi connectivity index (χ3n) is 5.30. The summed E-state index contributed by atoms with van der Waals surface area (Å²) < 4.78 is 5.22. The van der Waals surface area contributed by atoms with E-state index < -0.39 is 0 Å². The fourth-order valence-electron chi connectivity index (χ4n) is 3.61. The van der Waals surface area contributed by atoms with E-state index in [0.717, 1.165) is 45.2 Å². The zero-order valence-corrected chi connectivity index (χ0v) is 15.6. The first-order valence-electron chi connectivity index (χ1n) is 8.92. The summed E-state index contributed by atoms with van der Waals surface area (Å²) in [5, 5.41) is 6.45. The van der Waals surface area contributed by atoms with E-state index in [2.05, 4.69) is 17.6 Å². The summed E-state index contributed by atoms with van der Waals surface area (Å²) in [5.74, 6) is 0.0855. The maximum Gasteiger partial charge on any atom is 0.290 e. The summed E-state index contributed by atoms with van der Waals surface area (Å²) in [5.41, 5.74) is 0.144. The molecule has 1 aromatic heterocycles. The van der Waals surface area contributed by atoms with Crippen LogP contribution in [0.5, 0.6) is 0 Å². The van der Waals surface area contributed by atoms with Crippen LogP contribution >= 0.6 is 12.4 Å². The second-order valence-electron chi connectivity index (χ2n) is 7.27. The van der Waals surface area contributed by atoms with Crippen molar-refractivity contribution < 1.29 is 14.0 Å². The molecule has 2 amide bonds. The number of nitrogens with one attached hydrogen (secondary N) is 2. The van der Waals surface area contributed by atoms with Gasteiger partial charge in [0.1, 0.15) is 6.04 Å². The molecule has 0 bridgehead atoms. The van der Waals surface area contributed by atoms with E-state index in [1.165, 1.54) is 6.26 Å². The highest BCUT2D eigenvalue weighted by Gasteiger charge is 2.35. The van der Waals surface area contributed by atoms with Gasteiger partial charge in [-0.05, 0) is 62.7 Å². The molecule has 2 aliphatic heterocycles. The highest BCUT2D eigenvalue weighted by molar-refractivity contribution is 5.95. The van der Waals surface area contributed by atoms with Crippen molar-refractivity contribution in [2.24, 2.45) is 5.41 Å². The molecular formula is C18H28ClN3O3. The maximum absolute atomic E-state index is 12.7. The molecule has 2 aliphatic rings. The summed E-state index contributed by atoms with van der Waals surface area (Å²) in [6.07, 6.45) is 6.24. The van der Waals surface area contributed by atoms with E-state index in [9.17, 15) is 9.59 Å². The van der Waals surface area contributed by atoms with Crippen molar-refractivity contribution in [2.75, 3.05) is 26.2 Å². The molecule has 7 heteroatoms. The van der Waals surface area contributed by atoms with Crippen LogP contribution in [0.25, 0.3) is 0 Å². The molecule has 2 saturated heterocycles. The Balaban J connectivity index is 0.00000225. The molecule has 2 fully saturated rings. The average Bonchev–Trinajstić information content (AvgIpc) is 3.14. The number of hydrogen-bond donors (Lipinski definition) is 2. The Morgan fingerprint density at radius 1 is 1.36 bits per heavy atom. The third-order valence-corrected chi connectivity index (χ3v) is 5.30. The fraction of sp³-hybridized carbons (Fsp3) is 0.667. The second kappa shape index (κ2) is 8.72. The molecule has 1 atom stereocenters. The number of hydrogen-bond acceptors (Lipinski definition) is 4. The van der Waals surface area contributed by atoms with Gasteiger partial charge in [0.15, 0.2) is 5.76 Å². The van der Waals surface area contributed by atoms with Crippen LogP contribution in [0.2, 0.25) is 0 Å². The number of nitrogens with zero attached hydrogens (tertiary/aromatic N) is 1. The van der Waals surface area contributed by atoms with Crippen LogP contribution in [0.1, 0.15) is 49.6 Å². The van der Waals surface area contributed by atoms with E-state index >= 15 is 0 Å². The number of furan rings is 1. The van der Waals surface area contributed by atoms with Crippen LogP contribution in [0, 0.1) is 5.41 Å². The van der Waals surface area contributed by atoms with Gasteiger partial charge in [-0.3, -0.25) is 9.59 Å². The minimum absolute atomic E-state index is 0. The highest BCUT2D eigenvalue weighted by atomic mass is 35.5. The monoisotopic (exact) mass is 369 g/mol.